The van der Waals surface area contributed by atoms with Crippen LogP contribution in [-0.2, 0) is 0 Å². The van der Waals surface area contributed by atoms with Crippen LogP contribution in [0.3, 0.4) is 0 Å². The van der Waals surface area contributed by atoms with Crippen LogP contribution in [0.1, 0.15) is 29.8 Å². The Morgan fingerprint density at radius 2 is 2.11 bits per heavy atom. The number of hydrogen-bond donors (Lipinski definition) is 2. The Bertz CT molecular complexity index is 386. The number of carbonyl (C=O) groups excluding carboxylic acids is 1. The van der Waals surface area contributed by atoms with Crippen LogP contribution in [0.4, 0.5) is 5.82 Å². The maximum absolute atomic E-state index is 11.7. The fraction of sp³-hybridized carbons (Fsp3) is 0.583. The van der Waals surface area contributed by atoms with E-state index in [2.05, 4.69) is 20.4 Å². The Morgan fingerprint density at radius 3 is 2.78 bits per heavy atom. The Balaban J connectivity index is 1.66. The fourth-order valence-electron chi connectivity index (χ4n) is 2.07. The van der Waals surface area contributed by atoms with Crippen LogP contribution in [0.25, 0.3) is 0 Å². The SMILES string of the molecule is Nc1ccc(C(=O)NCCCN2CCCC2)nn1. The Morgan fingerprint density at radius 1 is 1.33 bits per heavy atom. The van der Waals surface area contributed by atoms with Gasteiger partial charge in [-0.15, -0.1) is 10.2 Å². The normalized spacial score (nSPS) is 15.8. The number of anilines is 1. The van der Waals surface area contributed by atoms with E-state index in [0.717, 1.165) is 13.0 Å². The first kappa shape index (κ1) is 12.8. The minimum atomic E-state index is -0.191. The molecule has 0 bridgehead atoms. The zero-order chi connectivity index (χ0) is 12.8. The van der Waals surface area contributed by atoms with Gasteiger partial charge in [0.1, 0.15) is 5.82 Å². The first-order chi connectivity index (χ1) is 8.75. The lowest BCUT2D eigenvalue weighted by Crippen LogP contribution is -2.29. The van der Waals surface area contributed by atoms with Gasteiger partial charge in [0, 0.05) is 6.54 Å². The van der Waals surface area contributed by atoms with Gasteiger partial charge in [-0.1, -0.05) is 0 Å². The number of aromatic nitrogens is 2. The van der Waals surface area contributed by atoms with Crippen LogP contribution in [0.15, 0.2) is 12.1 Å². The molecule has 1 aliphatic heterocycles. The van der Waals surface area contributed by atoms with E-state index in [4.69, 9.17) is 5.73 Å². The monoisotopic (exact) mass is 249 g/mol. The molecule has 1 saturated heterocycles. The van der Waals surface area contributed by atoms with Gasteiger partial charge >= 0.3 is 0 Å². The lowest BCUT2D eigenvalue weighted by atomic mass is 10.3. The molecule has 6 nitrogen and oxygen atoms in total. The number of hydrogen-bond acceptors (Lipinski definition) is 5. The second kappa shape index (κ2) is 6.30. The molecule has 0 unspecified atom stereocenters. The second-order valence-electron chi connectivity index (χ2n) is 4.50. The van der Waals surface area contributed by atoms with Crippen molar-refractivity contribution in [3.63, 3.8) is 0 Å². The molecule has 1 fully saturated rings. The van der Waals surface area contributed by atoms with Crippen molar-refractivity contribution in [1.29, 1.82) is 0 Å². The average Bonchev–Trinajstić information content (AvgIpc) is 2.88. The molecule has 0 atom stereocenters. The van der Waals surface area contributed by atoms with Crippen LogP contribution >= 0.6 is 0 Å². The van der Waals surface area contributed by atoms with Crippen LogP contribution in [0, 0.1) is 0 Å². The van der Waals surface area contributed by atoms with E-state index in [1.165, 1.54) is 25.9 Å². The van der Waals surface area contributed by atoms with Gasteiger partial charge < -0.3 is 16.0 Å². The molecule has 1 aromatic heterocycles. The van der Waals surface area contributed by atoms with Crippen molar-refractivity contribution in [2.45, 2.75) is 19.3 Å². The zero-order valence-electron chi connectivity index (χ0n) is 10.4. The molecular formula is C12H19N5O. The van der Waals surface area contributed by atoms with E-state index in [1.54, 1.807) is 12.1 Å². The van der Waals surface area contributed by atoms with Crippen molar-refractivity contribution in [3.05, 3.63) is 17.8 Å². The number of nitrogen functional groups attached to an aromatic ring is 1. The number of nitrogens with zero attached hydrogens (tertiary/aromatic N) is 3. The predicted octanol–water partition coefficient (Wildman–Crippen LogP) is 0.274. The third-order valence-electron chi connectivity index (χ3n) is 3.05. The molecule has 0 aromatic carbocycles. The third kappa shape index (κ3) is 3.66. The van der Waals surface area contributed by atoms with Crippen LogP contribution < -0.4 is 11.1 Å². The number of rotatable bonds is 5. The summed E-state index contributed by atoms with van der Waals surface area (Å²) in [5.41, 5.74) is 5.72. The number of nitrogens with one attached hydrogen (secondary N) is 1. The van der Waals surface area contributed by atoms with E-state index in [9.17, 15) is 4.79 Å². The highest BCUT2D eigenvalue weighted by Crippen LogP contribution is 2.06. The molecule has 6 heteroatoms. The molecule has 0 aliphatic carbocycles. The summed E-state index contributed by atoms with van der Waals surface area (Å²) in [6, 6.07) is 3.16. The molecule has 0 radical (unpaired) electrons. The number of likely N-dealkylation sites (tertiary alicyclic amines) is 1. The molecule has 3 N–H and O–H groups in total. The van der Waals surface area contributed by atoms with E-state index in [0.29, 0.717) is 18.1 Å². The highest BCUT2D eigenvalue weighted by Gasteiger charge is 2.11. The van der Waals surface area contributed by atoms with Gasteiger partial charge in [-0.2, -0.15) is 0 Å². The first-order valence-corrected chi connectivity index (χ1v) is 6.35. The Kier molecular flexibility index (Phi) is 4.46. The first-order valence-electron chi connectivity index (χ1n) is 6.35. The van der Waals surface area contributed by atoms with Gasteiger partial charge in [0.15, 0.2) is 5.69 Å². The summed E-state index contributed by atoms with van der Waals surface area (Å²) in [4.78, 5) is 14.1. The van der Waals surface area contributed by atoms with Crippen molar-refractivity contribution < 1.29 is 4.79 Å². The summed E-state index contributed by atoms with van der Waals surface area (Å²) < 4.78 is 0. The summed E-state index contributed by atoms with van der Waals surface area (Å²) in [7, 11) is 0. The number of nitrogens with two attached hydrogens (primary N) is 1. The Labute approximate surface area is 107 Å². The van der Waals surface area contributed by atoms with E-state index < -0.39 is 0 Å². The topological polar surface area (TPSA) is 84.1 Å². The van der Waals surface area contributed by atoms with E-state index in [-0.39, 0.29) is 5.91 Å². The molecule has 2 rings (SSSR count). The molecule has 0 saturated carbocycles. The smallest absolute Gasteiger partial charge is 0.271 e. The molecule has 2 heterocycles. The van der Waals surface area contributed by atoms with Gasteiger partial charge in [-0.25, -0.2) is 0 Å². The molecule has 1 aromatic rings. The molecule has 0 spiro atoms. The molecule has 18 heavy (non-hydrogen) atoms. The lowest BCUT2D eigenvalue weighted by molar-refractivity contribution is 0.0946. The molecule has 98 valence electrons. The molecular weight excluding hydrogens is 230 g/mol. The van der Waals surface area contributed by atoms with Gasteiger partial charge in [0.05, 0.1) is 0 Å². The van der Waals surface area contributed by atoms with Gasteiger partial charge in [-0.05, 0) is 51.0 Å². The quantitative estimate of drug-likeness (QED) is 0.732. The third-order valence-corrected chi connectivity index (χ3v) is 3.05. The number of carbonyl (C=O) groups is 1. The van der Waals surface area contributed by atoms with Gasteiger partial charge in [0.25, 0.3) is 5.91 Å². The summed E-state index contributed by atoms with van der Waals surface area (Å²) in [5, 5.41) is 10.2. The minimum absolute atomic E-state index is 0.191. The summed E-state index contributed by atoms with van der Waals surface area (Å²) in [6.45, 7) is 4.10. The van der Waals surface area contributed by atoms with Crippen LogP contribution in [-0.4, -0.2) is 47.2 Å². The van der Waals surface area contributed by atoms with E-state index >= 15 is 0 Å². The van der Waals surface area contributed by atoms with Crippen LogP contribution in [0.2, 0.25) is 0 Å². The summed E-state index contributed by atoms with van der Waals surface area (Å²) in [6.07, 6.45) is 3.56. The van der Waals surface area contributed by atoms with E-state index in [1.807, 2.05) is 0 Å². The minimum Gasteiger partial charge on any atom is -0.382 e. The predicted molar refractivity (Wildman–Crippen MR) is 69.1 cm³/mol. The largest absolute Gasteiger partial charge is 0.382 e. The van der Waals surface area contributed by atoms with Gasteiger partial charge in [0.2, 0.25) is 0 Å². The maximum Gasteiger partial charge on any atom is 0.271 e. The van der Waals surface area contributed by atoms with Crippen molar-refractivity contribution in [1.82, 2.24) is 20.4 Å². The lowest BCUT2D eigenvalue weighted by Gasteiger charge is -2.14. The summed E-state index contributed by atoms with van der Waals surface area (Å²) in [5.74, 6) is 0.129. The summed E-state index contributed by atoms with van der Waals surface area (Å²) >= 11 is 0. The number of amides is 1. The van der Waals surface area contributed by atoms with Crippen molar-refractivity contribution in [2.24, 2.45) is 0 Å². The second-order valence-corrected chi connectivity index (χ2v) is 4.50. The van der Waals surface area contributed by atoms with Gasteiger partial charge in [-0.3, -0.25) is 4.79 Å². The highest BCUT2D eigenvalue weighted by atomic mass is 16.1. The standard InChI is InChI=1S/C12H19N5O/c13-11-5-4-10(15-16-11)12(18)14-6-3-9-17-7-1-2-8-17/h4-5H,1-3,6-9H2,(H2,13,16)(H,14,18). The van der Waals surface area contributed by atoms with Crippen molar-refractivity contribution in [3.8, 4) is 0 Å². The van der Waals surface area contributed by atoms with Crippen molar-refractivity contribution in [2.75, 3.05) is 31.9 Å². The molecule has 1 aliphatic rings. The average molecular weight is 249 g/mol. The van der Waals surface area contributed by atoms with Crippen molar-refractivity contribution >= 4 is 11.7 Å². The Hall–Kier alpha value is -1.69. The van der Waals surface area contributed by atoms with Crippen LogP contribution in [0.5, 0.6) is 0 Å². The maximum atomic E-state index is 11.7. The molecule has 1 amide bonds. The fourth-order valence-corrected chi connectivity index (χ4v) is 2.07. The highest BCUT2D eigenvalue weighted by molar-refractivity contribution is 5.92. The zero-order valence-corrected chi connectivity index (χ0v) is 10.4.